The lowest BCUT2D eigenvalue weighted by molar-refractivity contribution is 0.191. The van der Waals surface area contributed by atoms with E-state index in [4.69, 9.17) is 14.7 Å². The Morgan fingerprint density at radius 2 is 2.00 bits per heavy atom. The van der Waals surface area contributed by atoms with Gasteiger partial charge in [0.15, 0.2) is 0 Å². The summed E-state index contributed by atoms with van der Waals surface area (Å²) < 4.78 is 5.14. The minimum absolute atomic E-state index is 0.338. The Bertz CT molecular complexity index is 460. The number of nitrogens with one attached hydrogen (secondary N) is 2. The zero-order chi connectivity index (χ0) is 15.2. The molecule has 2 rings (SSSR count). The number of hydrogen-bond acceptors (Lipinski definition) is 5. The van der Waals surface area contributed by atoms with Crippen molar-refractivity contribution in [2.24, 2.45) is 0 Å². The van der Waals surface area contributed by atoms with Crippen LogP contribution in [0.3, 0.4) is 0 Å². The van der Waals surface area contributed by atoms with Gasteiger partial charge in [0.1, 0.15) is 17.5 Å². The number of methoxy groups -OCH3 is 1. The lowest BCUT2D eigenvalue weighted by atomic mass is 10.2. The highest BCUT2D eigenvalue weighted by molar-refractivity contribution is 5.58. The van der Waals surface area contributed by atoms with Crippen LogP contribution in [0, 0.1) is 6.92 Å². The molecule has 0 bridgehead atoms. The Hall–Kier alpha value is -1.36. The Labute approximate surface area is 127 Å². The molecule has 0 amide bonds. The maximum atomic E-state index is 5.14. The number of hydrogen-bond donors (Lipinski definition) is 2. The SMILES string of the molecule is CCCNc1nc(C2CC2)nc(NC(C)CCOC)c1C. The summed E-state index contributed by atoms with van der Waals surface area (Å²) in [5.74, 6) is 3.49. The number of nitrogens with zero attached hydrogens (tertiary/aromatic N) is 2. The number of anilines is 2. The van der Waals surface area contributed by atoms with E-state index in [9.17, 15) is 0 Å². The Kier molecular flexibility index (Phi) is 5.79. The van der Waals surface area contributed by atoms with Crippen molar-refractivity contribution in [2.75, 3.05) is 30.9 Å². The maximum Gasteiger partial charge on any atom is 0.136 e. The fourth-order valence-electron chi connectivity index (χ4n) is 2.21. The van der Waals surface area contributed by atoms with Gasteiger partial charge in [-0.25, -0.2) is 9.97 Å². The molecule has 5 nitrogen and oxygen atoms in total. The van der Waals surface area contributed by atoms with Gasteiger partial charge in [-0.3, -0.25) is 0 Å². The average Bonchev–Trinajstić information content (AvgIpc) is 3.30. The number of aromatic nitrogens is 2. The Morgan fingerprint density at radius 1 is 1.29 bits per heavy atom. The largest absolute Gasteiger partial charge is 0.385 e. The molecule has 1 aromatic heterocycles. The molecule has 1 aliphatic carbocycles. The van der Waals surface area contributed by atoms with Crippen molar-refractivity contribution in [1.82, 2.24) is 9.97 Å². The van der Waals surface area contributed by atoms with Gasteiger partial charge in [0.05, 0.1) is 0 Å². The molecule has 0 saturated heterocycles. The van der Waals surface area contributed by atoms with Crippen molar-refractivity contribution in [1.29, 1.82) is 0 Å². The van der Waals surface area contributed by atoms with Gasteiger partial charge in [0, 0.05) is 37.8 Å². The van der Waals surface area contributed by atoms with Crippen molar-refractivity contribution >= 4 is 11.6 Å². The fourth-order valence-corrected chi connectivity index (χ4v) is 2.21. The van der Waals surface area contributed by atoms with Gasteiger partial charge in [-0.1, -0.05) is 6.92 Å². The van der Waals surface area contributed by atoms with Crippen molar-refractivity contribution in [3.63, 3.8) is 0 Å². The monoisotopic (exact) mass is 292 g/mol. The van der Waals surface area contributed by atoms with E-state index in [2.05, 4.69) is 31.4 Å². The molecular formula is C16H28N4O. The van der Waals surface area contributed by atoms with Crippen LogP contribution >= 0.6 is 0 Å². The van der Waals surface area contributed by atoms with E-state index in [0.717, 1.165) is 49.0 Å². The quantitative estimate of drug-likeness (QED) is 0.731. The zero-order valence-corrected chi connectivity index (χ0v) is 13.7. The van der Waals surface area contributed by atoms with Gasteiger partial charge in [-0.05, 0) is 39.5 Å². The van der Waals surface area contributed by atoms with Crippen LogP contribution in [0.15, 0.2) is 0 Å². The molecule has 0 aromatic carbocycles. The minimum Gasteiger partial charge on any atom is -0.385 e. The van der Waals surface area contributed by atoms with Crippen LogP contribution < -0.4 is 10.6 Å². The van der Waals surface area contributed by atoms with E-state index in [1.165, 1.54) is 12.8 Å². The van der Waals surface area contributed by atoms with E-state index >= 15 is 0 Å². The molecule has 2 N–H and O–H groups in total. The highest BCUT2D eigenvalue weighted by Gasteiger charge is 2.28. The van der Waals surface area contributed by atoms with Gasteiger partial charge < -0.3 is 15.4 Å². The topological polar surface area (TPSA) is 59.1 Å². The van der Waals surface area contributed by atoms with Crippen LogP contribution in [0.5, 0.6) is 0 Å². The molecule has 1 unspecified atom stereocenters. The zero-order valence-electron chi connectivity index (χ0n) is 13.7. The average molecular weight is 292 g/mol. The first-order valence-electron chi connectivity index (χ1n) is 8.03. The molecule has 1 fully saturated rings. The predicted molar refractivity (Wildman–Crippen MR) is 87.1 cm³/mol. The summed E-state index contributed by atoms with van der Waals surface area (Å²) >= 11 is 0. The van der Waals surface area contributed by atoms with Crippen molar-refractivity contribution in [3.8, 4) is 0 Å². The highest BCUT2D eigenvalue weighted by Crippen LogP contribution is 2.39. The lowest BCUT2D eigenvalue weighted by Crippen LogP contribution is -2.20. The standard InChI is InChI=1S/C16H28N4O/c1-5-9-17-14-12(3)15(18-11(2)8-10-21-4)20-16(19-14)13-6-7-13/h11,13H,5-10H2,1-4H3,(H2,17,18,19,20). The summed E-state index contributed by atoms with van der Waals surface area (Å²) in [6.45, 7) is 8.11. The highest BCUT2D eigenvalue weighted by atomic mass is 16.5. The lowest BCUT2D eigenvalue weighted by Gasteiger charge is -2.18. The third kappa shape index (κ3) is 4.56. The third-order valence-corrected chi connectivity index (χ3v) is 3.79. The summed E-state index contributed by atoms with van der Waals surface area (Å²) in [6, 6.07) is 0.338. The van der Waals surface area contributed by atoms with Gasteiger partial charge in [0.2, 0.25) is 0 Å². The summed E-state index contributed by atoms with van der Waals surface area (Å²) in [5.41, 5.74) is 1.11. The first-order chi connectivity index (χ1) is 10.2. The van der Waals surface area contributed by atoms with Crippen LogP contribution in [-0.4, -0.2) is 36.3 Å². The van der Waals surface area contributed by atoms with Gasteiger partial charge >= 0.3 is 0 Å². The van der Waals surface area contributed by atoms with Gasteiger partial charge in [-0.15, -0.1) is 0 Å². The second-order valence-electron chi connectivity index (χ2n) is 5.93. The predicted octanol–water partition coefficient (Wildman–Crippen LogP) is 3.32. The second kappa shape index (κ2) is 7.59. The minimum atomic E-state index is 0.338. The van der Waals surface area contributed by atoms with E-state index in [1.807, 2.05) is 0 Å². The summed E-state index contributed by atoms with van der Waals surface area (Å²) in [6.07, 6.45) is 4.50. The van der Waals surface area contributed by atoms with E-state index in [1.54, 1.807) is 7.11 Å². The summed E-state index contributed by atoms with van der Waals surface area (Å²) in [4.78, 5) is 9.46. The smallest absolute Gasteiger partial charge is 0.136 e. The first-order valence-corrected chi connectivity index (χ1v) is 8.03. The van der Waals surface area contributed by atoms with Crippen LogP contribution in [0.4, 0.5) is 11.6 Å². The molecule has 0 aliphatic heterocycles. The van der Waals surface area contributed by atoms with E-state index in [-0.39, 0.29) is 0 Å². The van der Waals surface area contributed by atoms with Crippen LogP contribution in [0.2, 0.25) is 0 Å². The van der Waals surface area contributed by atoms with E-state index < -0.39 is 0 Å². The molecule has 21 heavy (non-hydrogen) atoms. The normalized spacial score (nSPS) is 15.8. The molecular weight excluding hydrogens is 264 g/mol. The van der Waals surface area contributed by atoms with E-state index in [0.29, 0.717) is 12.0 Å². The van der Waals surface area contributed by atoms with Crippen LogP contribution in [0.1, 0.15) is 56.8 Å². The van der Waals surface area contributed by atoms with Crippen LogP contribution in [-0.2, 0) is 4.74 Å². The van der Waals surface area contributed by atoms with Gasteiger partial charge in [-0.2, -0.15) is 0 Å². The molecule has 1 heterocycles. The summed E-state index contributed by atoms with van der Waals surface area (Å²) in [5, 5.41) is 6.94. The van der Waals surface area contributed by atoms with Crippen molar-refractivity contribution < 1.29 is 4.74 Å². The third-order valence-electron chi connectivity index (χ3n) is 3.79. The van der Waals surface area contributed by atoms with Crippen molar-refractivity contribution in [2.45, 2.75) is 58.4 Å². The maximum absolute atomic E-state index is 5.14. The van der Waals surface area contributed by atoms with Crippen molar-refractivity contribution in [3.05, 3.63) is 11.4 Å². The number of ether oxygens (including phenoxy) is 1. The Morgan fingerprint density at radius 3 is 2.62 bits per heavy atom. The van der Waals surface area contributed by atoms with Crippen LogP contribution in [0.25, 0.3) is 0 Å². The Balaban J connectivity index is 2.15. The molecule has 118 valence electrons. The molecule has 1 aliphatic rings. The molecule has 5 heteroatoms. The molecule has 0 spiro atoms. The molecule has 1 saturated carbocycles. The van der Waals surface area contributed by atoms with Gasteiger partial charge in [0.25, 0.3) is 0 Å². The molecule has 0 radical (unpaired) electrons. The first kappa shape index (κ1) is 16.0. The summed E-state index contributed by atoms with van der Waals surface area (Å²) in [7, 11) is 1.74. The molecule has 1 aromatic rings. The second-order valence-corrected chi connectivity index (χ2v) is 5.93. The molecule has 1 atom stereocenters. The number of rotatable bonds is 9. The fraction of sp³-hybridized carbons (Fsp3) is 0.750.